The molecule has 65 heavy (non-hydrogen) atoms. The molecule has 0 atom stereocenters. The Morgan fingerprint density at radius 3 is 1.48 bits per heavy atom. The Labute approximate surface area is 422 Å². The molecule has 0 spiro atoms. The van der Waals surface area contributed by atoms with Crippen molar-refractivity contribution in [2.45, 2.75) is 87.2 Å². The number of pyridine rings is 4. The number of rotatable bonds is 3. The lowest BCUT2D eigenvalue weighted by Gasteiger charge is -2.30. The SMILES string of the molecule is Brc1ccnc(Br)c1.Cc1c(B(O)O)ccnc1N1CCn2c(cc3c2CC(C)(C)C3)C1=O.Cc1c(Br)ccnc1Br.Cc1c(Br)ccnc1N1CCn2c(cc3c2CC(C)(C)C3)C1=O. The van der Waals surface area contributed by atoms with Gasteiger partial charge in [0.1, 0.15) is 32.2 Å². The van der Waals surface area contributed by atoms with Crippen LogP contribution in [-0.4, -0.2) is 71.1 Å². The van der Waals surface area contributed by atoms with Gasteiger partial charge >= 0.3 is 7.12 Å². The lowest BCUT2D eigenvalue weighted by molar-refractivity contribution is 0.0955. The molecule has 10 rings (SSSR count). The zero-order chi connectivity index (χ0) is 47.1. The van der Waals surface area contributed by atoms with Crippen molar-refractivity contribution in [2.75, 3.05) is 22.9 Å². The Bertz CT molecular complexity index is 2750. The number of hydrogen-bond acceptors (Lipinski definition) is 8. The zero-order valence-corrected chi connectivity index (χ0v) is 45.2. The Balaban J connectivity index is 0.000000144. The van der Waals surface area contributed by atoms with Crippen LogP contribution in [0.2, 0.25) is 0 Å². The van der Waals surface area contributed by atoms with E-state index in [4.69, 9.17) is 0 Å². The number of fused-ring (bicyclic) bond motifs is 6. The van der Waals surface area contributed by atoms with Crippen molar-refractivity contribution in [1.82, 2.24) is 29.1 Å². The highest BCUT2D eigenvalue weighted by Gasteiger charge is 2.39. The molecule has 0 bridgehead atoms. The molecule has 0 aromatic carbocycles. The first-order valence-electron chi connectivity index (χ1n) is 21.2. The summed E-state index contributed by atoms with van der Waals surface area (Å²) < 4.78 is 9.26. The van der Waals surface area contributed by atoms with Crippen LogP contribution in [0, 0.1) is 31.6 Å². The monoisotopic (exact) mass is 1200 g/mol. The van der Waals surface area contributed by atoms with Gasteiger partial charge in [-0.05, 0) is 159 Å². The van der Waals surface area contributed by atoms with Crippen LogP contribution in [0.25, 0.3) is 0 Å². The molecule has 2 aliphatic heterocycles. The summed E-state index contributed by atoms with van der Waals surface area (Å²) in [6.07, 6.45) is 10.9. The van der Waals surface area contributed by atoms with Crippen LogP contribution in [0.1, 0.15) is 87.9 Å². The van der Waals surface area contributed by atoms with Crippen LogP contribution >= 0.6 is 79.6 Å². The summed E-state index contributed by atoms with van der Waals surface area (Å²) in [5, 5.41) is 19.0. The summed E-state index contributed by atoms with van der Waals surface area (Å²) in [4.78, 5) is 46.2. The van der Waals surface area contributed by atoms with E-state index in [0.29, 0.717) is 41.0 Å². The lowest BCUT2D eigenvalue weighted by atomic mass is 9.78. The van der Waals surface area contributed by atoms with Gasteiger partial charge < -0.3 is 19.2 Å². The van der Waals surface area contributed by atoms with Gasteiger partial charge in [-0.15, -0.1) is 0 Å². The molecule has 2 N–H and O–H groups in total. The van der Waals surface area contributed by atoms with Gasteiger partial charge in [0.25, 0.3) is 11.8 Å². The fraction of sp³-hybridized carbons (Fsp3) is 0.362. The Hall–Kier alpha value is -3.52. The van der Waals surface area contributed by atoms with Crippen LogP contribution in [0.3, 0.4) is 0 Å². The summed E-state index contributed by atoms with van der Waals surface area (Å²) in [5.41, 5.74) is 10.5. The van der Waals surface area contributed by atoms with Crippen molar-refractivity contribution >= 4 is 116 Å². The third-order valence-corrected chi connectivity index (χ3v) is 15.6. The molecule has 6 aromatic rings. The van der Waals surface area contributed by atoms with Gasteiger partial charge in [-0.25, -0.2) is 19.9 Å². The van der Waals surface area contributed by atoms with Gasteiger partial charge in [0.2, 0.25) is 0 Å². The van der Waals surface area contributed by atoms with E-state index < -0.39 is 7.12 Å². The number of hydrogen-bond donors (Lipinski definition) is 2. The Kier molecular flexibility index (Phi) is 15.2. The molecule has 2 aliphatic carbocycles. The van der Waals surface area contributed by atoms with Gasteiger partial charge in [0, 0.05) is 81.3 Å². The maximum Gasteiger partial charge on any atom is 0.488 e. The molecule has 2 amide bonds. The highest BCUT2D eigenvalue weighted by molar-refractivity contribution is 9.11. The predicted octanol–water partition coefficient (Wildman–Crippen LogP) is 9.92. The molecule has 0 saturated carbocycles. The van der Waals surface area contributed by atoms with E-state index >= 15 is 0 Å². The number of nitrogens with zero attached hydrogens (tertiary/aromatic N) is 8. The van der Waals surface area contributed by atoms with Gasteiger partial charge in [0.15, 0.2) is 0 Å². The predicted molar refractivity (Wildman–Crippen MR) is 274 cm³/mol. The smallest absolute Gasteiger partial charge is 0.423 e. The lowest BCUT2D eigenvalue weighted by Crippen LogP contribution is -2.43. The van der Waals surface area contributed by atoms with Gasteiger partial charge in [-0.3, -0.25) is 19.4 Å². The number of anilines is 2. The average molecular weight is 1200 g/mol. The molecule has 18 heteroatoms. The van der Waals surface area contributed by atoms with Gasteiger partial charge in [-0.2, -0.15) is 0 Å². The number of halogens is 5. The van der Waals surface area contributed by atoms with E-state index in [1.54, 1.807) is 36.5 Å². The third kappa shape index (κ3) is 10.8. The zero-order valence-electron chi connectivity index (χ0n) is 37.3. The molecule has 0 unspecified atom stereocenters. The maximum atomic E-state index is 13.1. The second kappa shape index (κ2) is 20.0. The van der Waals surface area contributed by atoms with Crippen molar-refractivity contribution in [3.05, 3.63) is 140 Å². The van der Waals surface area contributed by atoms with E-state index in [0.717, 1.165) is 84.0 Å². The second-order valence-corrected chi connectivity index (χ2v) is 22.4. The Morgan fingerprint density at radius 2 is 1.03 bits per heavy atom. The third-order valence-electron chi connectivity index (χ3n) is 12.1. The molecule has 0 saturated heterocycles. The standard InChI is InChI=1S/C18H22BN3O3.C18H20BrN3O.C6H5Br2N.C5H3Br2N/c1-11-13(19(24)25)4-5-20-16(11)22-7-6-21-14(17(22)23)8-12-9-18(2,3)10-15(12)21;1-11-13(19)4-5-20-16(11)22-7-6-21-14(17(22)23)8-12-9-18(2,3)10-15(12)21;1-4-5(7)2-3-9-6(4)8;6-4-1-2-8-5(7)3-4/h4-5,8,24-25H,6-7,9-10H2,1-3H3;4-5,8H,6-7,9-10H2,1-3H3;2-3H,1H3;1-3H. The van der Waals surface area contributed by atoms with E-state index in [-0.39, 0.29) is 17.2 Å². The minimum Gasteiger partial charge on any atom is -0.423 e. The van der Waals surface area contributed by atoms with E-state index in [2.05, 4.69) is 142 Å². The molecule has 0 fully saturated rings. The van der Waals surface area contributed by atoms with E-state index in [9.17, 15) is 19.6 Å². The van der Waals surface area contributed by atoms with Crippen molar-refractivity contribution in [3.8, 4) is 0 Å². The molecule has 340 valence electrons. The number of amides is 2. The fourth-order valence-electron chi connectivity index (χ4n) is 8.96. The Morgan fingerprint density at radius 1 is 0.569 bits per heavy atom. The summed E-state index contributed by atoms with van der Waals surface area (Å²) in [7, 11) is -1.57. The van der Waals surface area contributed by atoms with E-state index in [1.807, 2.05) is 49.1 Å². The number of carbonyl (C=O) groups excluding carboxylic acids is 2. The van der Waals surface area contributed by atoms with Crippen molar-refractivity contribution < 1.29 is 19.6 Å². The molecular formula is C47H50BBr5N8O4. The molecule has 4 aliphatic rings. The van der Waals surface area contributed by atoms with Crippen LogP contribution in [0.15, 0.2) is 89.9 Å². The van der Waals surface area contributed by atoms with Crippen LogP contribution in [-0.2, 0) is 38.8 Å². The highest BCUT2D eigenvalue weighted by atomic mass is 79.9. The summed E-state index contributed by atoms with van der Waals surface area (Å²) in [5.74, 6) is 1.26. The minimum atomic E-state index is -1.57. The summed E-state index contributed by atoms with van der Waals surface area (Å²) in [6, 6.07) is 13.3. The first-order chi connectivity index (χ1) is 30.7. The molecule has 8 heterocycles. The molecule has 6 aromatic heterocycles. The fourth-order valence-corrected chi connectivity index (χ4v) is 11.2. The summed E-state index contributed by atoms with van der Waals surface area (Å²) >= 11 is 16.7. The second-order valence-electron chi connectivity index (χ2n) is 18.2. The van der Waals surface area contributed by atoms with Crippen LogP contribution in [0.4, 0.5) is 11.6 Å². The van der Waals surface area contributed by atoms with Gasteiger partial charge in [-0.1, -0.05) is 75.5 Å². The van der Waals surface area contributed by atoms with E-state index in [1.165, 1.54) is 28.7 Å². The maximum absolute atomic E-state index is 13.1. The quantitative estimate of drug-likeness (QED) is 0.132. The topological polar surface area (TPSA) is 142 Å². The van der Waals surface area contributed by atoms with Crippen molar-refractivity contribution in [2.24, 2.45) is 10.8 Å². The van der Waals surface area contributed by atoms with Crippen LogP contribution in [0.5, 0.6) is 0 Å². The first kappa shape index (κ1) is 49.4. The minimum absolute atomic E-state index is 0.0668. The molecule has 12 nitrogen and oxygen atoms in total. The highest BCUT2D eigenvalue weighted by Crippen LogP contribution is 2.41. The normalized spacial score (nSPS) is 16.2. The average Bonchev–Trinajstić information content (AvgIpc) is 3.94. The first-order valence-corrected chi connectivity index (χ1v) is 25.2. The van der Waals surface area contributed by atoms with Gasteiger partial charge in [0.05, 0.1) is 0 Å². The molecule has 0 radical (unpaired) electrons. The largest absolute Gasteiger partial charge is 0.488 e. The van der Waals surface area contributed by atoms with Crippen molar-refractivity contribution in [1.29, 1.82) is 0 Å². The number of carbonyl (C=O) groups is 2. The summed E-state index contributed by atoms with van der Waals surface area (Å²) in [6.45, 7) is 17.7. The van der Waals surface area contributed by atoms with Crippen molar-refractivity contribution in [3.63, 3.8) is 0 Å². The molecular weight excluding hydrogens is 1150 g/mol. The van der Waals surface area contributed by atoms with Crippen LogP contribution < -0.4 is 15.3 Å². The number of aromatic nitrogens is 6.